The van der Waals surface area contributed by atoms with Gasteiger partial charge in [-0.2, -0.15) is 5.10 Å². The third-order valence-corrected chi connectivity index (χ3v) is 3.70. The molecular formula is C16H16F5N3O2. The van der Waals surface area contributed by atoms with Crippen LogP contribution in [0.5, 0.6) is 0 Å². The molecular weight excluding hydrogens is 361 g/mol. The van der Waals surface area contributed by atoms with Crippen molar-refractivity contribution in [2.24, 2.45) is 7.05 Å². The lowest BCUT2D eigenvalue weighted by Gasteiger charge is -2.26. The van der Waals surface area contributed by atoms with Crippen LogP contribution in [0, 0.1) is 17.5 Å². The van der Waals surface area contributed by atoms with Crippen molar-refractivity contribution in [3.05, 3.63) is 52.6 Å². The Labute approximate surface area is 145 Å². The number of carbonyl (C=O) groups is 1. The highest BCUT2D eigenvalue weighted by Gasteiger charge is 2.30. The highest BCUT2D eigenvalue weighted by atomic mass is 19.3. The van der Waals surface area contributed by atoms with Crippen LogP contribution in [-0.4, -0.2) is 33.9 Å². The molecule has 2 rings (SSSR count). The number of hydrogen-bond donors (Lipinski definition) is 0. The standard InChI is InChI=1S/C16H16F5N3O2/c1-8(4-9-5-12(18)13(19)6-11(9)17)24(26-3)16(25)10-7-23(2)22-14(10)15(20)21/h5-8,15H,4H2,1-3H3. The van der Waals surface area contributed by atoms with Gasteiger partial charge in [-0.25, -0.2) is 27.0 Å². The minimum atomic E-state index is -2.98. The van der Waals surface area contributed by atoms with E-state index in [1.165, 1.54) is 14.0 Å². The van der Waals surface area contributed by atoms with E-state index in [-0.39, 0.29) is 17.5 Å². The van der Waals surface area contributed by atoms with Gasteiger partial charge in [0.05, 0.1) is 18.7 Å². The summed E-state index contributed by atoms with van der Waals surface area (Å²) in [6.45, 7) is 1.44. The van der Waals surface area contributed by atoms with Gasteiger partial charge in [-0.3, -0.25) is 14.3 Å². The molecule has 1 unspecified atom stereocenters. The van der Waals surface area contributed by atoms with Crippen molar-refractivity contribution in [1.29, 1.82) is 0 Å². The largest absolute Gasteiger partial charge is 0.282 e. The minimum Gasteiger partial charge on any atom is -0.275 e. The van der Waals surface area contributed by atoms with Crippen LogP contribution in [-0.2, 0) is 18.3 Å². The van der Waals surface area contributed by atoms with E-state index >= 15 is 0 Å². The van der Waals surface area contributed by atoms with Crippen molar-refractivity contribution in [2.45, 2.75) is 25.8 Å². The molecule has 5 nitrogen and oxygen atoms in total. The molecule has 0 N–H and O–H groups in total. The third-order valence-electron chi connectivity index (χ3n) is 3.70. The lowest BCUT2D eigenvalue weighted by molar-refractivity contribution is -0.119. The maximum atomic E-state index is 13.8. The van der Waals surface area contributed by atoms with Crippen LogP contribution in [0.3, 0.4) is 0 Å². The number of aryl methyl sites for hydroxylation is 1. The molecule has 0 aliphatic heterocycles. The van der Waals surface area contributed by atoms with Gasteiger partial charge in [0, 0.05) is 19.3 Å². The smallest absolute Gasteiger partial charge is 0.275 e. The topological polar surface area (TPSA) is 47.4 Å². The van der Waals surface area contributed by atoms with E-state index in [2.05, 4.69) is 5.10 Å². The molecule has 0 spiro atoms. The van der Waals surface area contributed by atoms with Crippen molar-refractivity contribution in [1.82, 2.24) is 14.8 Å². The Balaban J connectivity index is 2.28. The van der Waals surface area contributed by atoms with Gasteiger partial charge >= 0.3 is 0 Å². The summed E-state index contributed by atoms with van der Waals surface area (Å²) in [5, 5.41) is 4.29. The molecule has 1 heterocycles. The predicted molar refractivity (Wildman–Crippen MR) is 80.8 cm³/mol. The van der Waals surface area contributed by atoms with Crippen LogP contribution in [0.25, 0.3) is 0 Å². The molecule has 0 saturated carbocycles. The Bertz CT molecular complexity index is 809. The van der Waals surface area contributed by atoms with Gasteiger partial charge in [0.25, 0.3) is 12.3 Å². The summed E-state index contributed by atoms with van der Waals surface area (Å²) >= 11 is 0. The maximum Gasteiger partial charge on any atom is 0.282 e. The molecule has 0 saturated heterocycles. The van der Waals surface area contributed by atoms with Crippen LogP contribution >= 0.6 is 0 Å². The molecule has 2 aromatic rings. The van der Waals surface area contributed by atoms with Crippen molar-refractivity contribution in [2.75, 3.05) is 7.11 Å². The molecule has 0 aliphatic carbocycles. The Morgan fingerprint density at radius 1 is 1.23 bits per heavy atom. The summed E-state index contributed by atoms with van der Waals surface area (Å²) in [7, 11) is 2.51. The predicted octanol–water partition coefficient (Wildman–Crippen LogP) is 3.41. The van der Waals surface area contributed by atoms with E-state index in [0.29, 0.717) is 12.1 Å². The summed E-state index contributed by atoms with van der Waals surface area (Å²) in [4.78, 5) is 17.5. The van der Waals surface area contributed by atoms with E-state index in [4.69, 9.17) is 4.84 Å². The van der Waals surface area contributed by atoms with Crippen molar-refractivity contribution < 1.29 is 31.6 Å². The summed E-state index contributed by atoms with van der Waals surface area (Å²) in [6.07, 6.45) is -2.10. The van der Waals surface area contributed by atoms with Crippen LogP contribution < -0.4 is 0 Å². The van der Waals surface area contributed by atoms with E-state index in [1.807, 2.05) is 0 Å². The van der Waals surface area contributed by atoms with Crippen molar-refractivity contribution >= 4 is 5.91 Å². The first-order chi connectivity index (χ1) is 12.1. The zero-order chi connectivity index (χ0) is 19.6. The van der Waals surface area contributed by atoms with E-state index in [1.54, 1.807) is 0 Å². The van der Waals surface area contributed by atoms with Crippen molar-refractivity contribution in [3.8, 4) is 0 Å². The molecule has 1 atom stereocenters. The molecule has 0 radical (unpaired) electrons. The SMILES string of the molecule is CON(C(=O)c1cn(C)nc1C(F)F)C(C)Cc1cc(F)c(F)cc1F. The number of alkyl halides is 2. The fourth-order valence-corrected chi connectivity index (χ4v) is 2.53. The zero-order valence-corrected chi connectivity index (χ0v) is 14.1. The highest BCUT2D eigenvalue weighted by molar-refractivity contribution is 5.94. The number of carbonyl (C=O) groups excluding carboxylic acids is 1. The average molecular weight is 377 g/mol. The van der Waals surface area contributed by atoms with E-state index in [0.717, 1.165) is 23.1 Å². The third kappa shape index (κ3) is 4.01. The summed E-state index contributed by atoms with van der Waals surface area (Å²) in [5.41, 5.74) is -1.28. The number of nitrogens with zero attached hydrogens (tertiary/aromatic N) is 3. The van der Waals surface area contributed by atoms with Gasteiger partial charge in [0.2, 0.25) is 0 Å². The molecule has 10 heteroatoms. The zero-order valence-electron chi connectivity index (χ0n) is 14.1. The molecule has 0 aliphatic rings. The van der Waals surface area contributed by atoms with Gasteiger partial charge in [-0.15, -0.1) is 0 Å². The summed E-state index contributed by atoms with van der Waals surface area (Å²) in [6, 6.07) is 0.207. The maximum absolute atomic E-state index is 13.8. The number of halogens is 5. The second kappa shape index (κ2) is 7.81. The van der Waals surface area contributed by atoms with Crippen LogP contribution in [0.1, 0.15) is 35.0 Å². The first kappa shape index (κ1) is 19.8. The summed E-state index contributed by atoms with van der Waals surface area (Å²) in [5.74, 6) is -4.48. The molecule has 1 amide bonds. The Kier molecular flexibility index (Phi) is 5.96. The van der Waals surface area contributed by atoms with Gasteiger partial charge in [0.1, 0.15) is 11.5 Å². The van der Waals surface area contributed by atoms with Gasteiger partial charge in [0.15, 0.2) is 11.6 Å². The van der Waals surface area contributed by atoms with Crippen LogP contribution in [0.4, 0.5) is 22.0 Å². The highest BCUT2D eigenvalue weighted by Crippen LogP contribution is 2.24. The fourth-order valence-electron chi connectivity index (χ4n) is 2.53. The van der Waals surface area contributed by atoms with Gasteiger partial charge < -0.3 is 0 Å². The quantitative estimate of drug-likeness (QED) is 0.440. The molecule has 26 heavy (non-hydrogen) atoms. The van der Waals surface area contributed by atoms with Crippen LogP contribution in [0.15, 0.2) is 18.3 Å². The number of hydroxylamine groups is 2. The monoisotopic (exact) mass is 377 g/mol. The molecule has 0 fully saturated rings. The fraction of sp³-hybridized carbons (Fsp3) is 0.375. The van der Waals surface area contributed by atoms with Crippen molar-refractivity contribution in [3.63, 3.8) is 0 Å². The Morgan fingerprint density at radius 3 is 2.42 bits per heavy atom. The first-order valence-electron chi connectivity index (χ1n) is 7.48. The number of benzene rings is 1. The molecule has 1 aromatic carbocycles. The molecule has 0 bridgehead atoms. The second-order valence-corrected chi connectivity index (χ2v) is 5.63. The minimum absolute atomic E-state index is 0.188. The summed E-state index contributed by atoms with van der Waals surface area (Å²) < 4.78 is 67.2. The molecule has 142 valence electrons. The first-order valence-corrected chi connectivity index (χ1v) is 7.48. The van der Waals surface area contributed by atoms with Gasteiger partial charge in [-0.05, 0) is 25.0 Å². The average Bonchev–Trinajstić information content (AvgIpc) is 2.95. The Morgan fingerprint density at radius 2 is 1.85 bits per heavy atom. The number of aromatic nitrogens is 2. The van der Waals surface area contributed by atoms with E-state index in [9.17, 15) is 26.7 Å². The van der Waals surface area contributed by atoms with Crippen LogP contribution in [0.2, 0.25) is 0 Å². The van der Waals surface area contributed by atoms with E-state index < -0.39 is 41.5 Å². The van der Waals surface area contributed by atoms with Gasteiger partial charge in [-0.1, -0.05) is 0 Å². The number of hydrogen-bond acceptors (Lipinski definition) is 3. The Hall–Kier alpha value is -2.49. The lowest BCUT2D eigenvalue weighted by Crippen LogP contribution is -2.39. The number of amides is 1. The lowest BCUT2D eigenvalue weighted by atomic mass is 10.1. The normalized spacial score (nSPS) is 12.5. The second-order valence-electron chi connectivity index (χ2n) is 5.63. The number of rotatable bonds is 6. The molecule has 1 aromatic heterocycles.